The molecule has 0 aliphatic rings. The molecule has 4 nitrogen and oxygen atoms in total. The lowest BCUT2D eigenvalue weighted by atomic mass is 10.0. The van der Waals surface area contributed by atoms with E-state index < -0.39 is 0 Å². The van der Waals surface area contributed by atoms with E-state index in [4.69, 9.17) is 9.47 Å². The number of carbonyl (C=O) groups is 1. The normalized spacial score (nSPS) is 11.2. The maximum Gasteiger partial charge on any atom is 0.311 e. The molecule has 0 bridgehead atoms. The largest absolute Gasteiger partial charge is 0.508 e. The average Bonchev–Trinajstić information content (AvgIpc) is 2.79. The van der Waals surface area contributed by atoms with E-state index in [0.29, 0.717) is 17.9 Å². The number of unbranched alkanes of at least 4 members (excludes halogenated alkanes) is 18. The van der Waals surface area contributed by atoms with Crippen molar-refractivity contribution >= 4 is 5.97 Å². The molecule has 0 amide bonds. The van der Waals surface area contributed by atoms with Gasteiger partial charge in [0, 0.05) is 24.6 Å². The second-order valence-electron chi connectivity index (χ2n) is 10.4. The van der Waals surface area contributed by atoms with Crippen molar-refractivity contribution in [1.82, 2.24) is 0 Å². The highest BCUT2D eigenvalue weighted by molar-refractivity contribution is 5.72. The monoisotopic (exact) mass is 490 g/mol. The summed E-state index contributed by atoms with van der Waals surface area (Å²) in [5.74, 6) is 0.627. The Morgan fingerprint density at radius 1 is 0.657 bits per heavy atom. The van der Waals surface area contributed by atoms with Crippen molar-refractivity contribution in [1.29, 1.82) is 0 Å². The molecule has 0 atom stereocenters. The summed E-state index contributed by atoms with van der Waals surface area (Å²) in [6, 6.07) is 4.62. The first kappa shape index (κ1) is 31.3. The van der Waals surface area contributed by atoms with Gasteiger partial charge in [-0.15, -0.1) is 0 Å². The second-order valence-corrected chi connectivity index (χ2v) is 10.4. The van der Waals surface area contributed by atoms with Gasteiger partial charge in [-0.2, -0.15) is 0 Å². The molecule has 4 heteroatoms. The molecular formula is C31H54O4. The van der Waals surface area contributed by atoms with Crippen LogP contribution in [0, 0.1) is 0 Å². The van der Waals surface area contributed by atoms with E-state index in [1.54, 1.807) is 6.07 Å². The van der Waals surface area contributed by atoms with Crippen molar-refractivity contribution in [3.8, 4) is 17.2 Å². The van der Waals surface area contributed by atoms with Crippen LogP contribution in [0.15, 0.2) is 18.2 Å². The Morgan fingerprint density at radius 2 is 1.06 bits per heavy atom. The van der Waals surface area contributed by atoms with Crippen molar-refractivity contribution in [2.24, 2.45) is 0 Å². The molecule has 0 unspecified atom stereocenters. The minimum absolute atomic E-state index is 0.00936. The van der Waals surface area contributed by atoms with Crippen LogP contribution in [0.1, 0.15) is 149 Å². The minimum Gasteiger partial charge on any atom is -0.508 e. The van der Waals surface area contributed by atoms with Crippen LogP contribution in [0.3, 0.4) is 0 Å². The predicted molar refractivity (Wildman–Crippen MR) is 148 cm³/mol. The molecule has 0 radical (unpaired) electrons. The molecule has 1 aromatic rings. The van der Waals surface area contributed by atoms with Gasteiger partial charge in [0.05, 0.1) is 6.10 Å². The molecule has 0 aromatic heterocycles. The Morgan fingerprint density at radius 3 is 1.49 bits per heavy atom. The second kappa shape index (κ2) is 21.6. The lowest BCUT2D eigenvalue weighted by Crippen LogP contribution is -2.09. The maximum atomic E-state index is 12.1. The van der Waals surface area contributed by atoms with Gasteiger partial charge in [0.2, 0.25) is 0 Å². The zero-order chi connectivity index (χ0) is 25.6. The number of phenolic OH excluding ortho intramolecular Hbond substituents is 1. The summed E-state index contributed by atoms with van der Waals surface area (Å²) in [5, 5.41) is 9.79. The Labute approximate surface area is 216 Å². The molecule has 0 saturated heterocycles. The van der Waals surface area contributed by atoms with Crippen LogP contribution < -0.4 is 9.47 Å². The highest BCUT2D eigenvalue weighted by Gasteiger charge is 2.09. The van der Waals surface area contributed by atoms with Crippen LogP contribution in [0.5, 0.6) is 17.2 Å². The fourth-order valence-electron chi connectivity index (χ4n) is 4.49. The number of carbonyl (C=O) groups excluding carboxylic acids is 1. The summed E-state index contributed by atoms with van der Waals surface area (Å²) in [7, 11) is 0. The van der Waals surface area contributed by atoms with Gasteiger partial charge in [-0.3, -0.25) is 4.79 Å². The highest BCUT2D eigenvalue weighted by atomic mass is 16.5. The quantitative estimate of drug-likeness (QED) is 0.0941. The fourth-order valence-corrected chi connectivity index (χ4v) is 4.49. The number of hydrogen-bond donors (Lipinski definition) is 1. The van der Waals surface area contributed by atoms with Crippen LogP contribution in [-0.4, -0.2) is 17.2 Å². The molecule has 0 aliphatic carbocycles. The molecule has 0 heterocycles. The Bertz CT molecular complexity index is 641. The van der Waals surface area contributed by atoms with Gasteiger partial charge in [0.1, 0.15) is 17.2 Å². The molecule has 0 aliphatic heterocycles. The van der Waals surface area contributed by atoms with Gasteiger partial charge in [-0.1, -0.05) is 122 Å². The van der Waals surface area contributed by atoms with Crippen molar-refractivity contribution in [3.05, 3.63) is 18.2 Å². The van der Waals surface area contributed by atoms with E-state index in [-0.39, 0.29) is 17.8 Å². The van der Waals surface area contributed by atoms with Gasteiger partial charge in [-0.05, 0) is 20.3 Å². The zero-order valence-electron chi connectivity index (χ0n) is 23.1. The number of benzene rings is 1. The maximum absolute atomic E-state index is 12.1. The third-order valence-electron chi connectivity index (χ3n) is 6.45. The van der Waals surface area contributed by atoms with Gasteiger partial charge in [-0.25, -0.2) is 0 Å². The van der Waals surface area contributed by atoms with Gasteiger partial charge >= 0.3 is 5.97 Å². The number of ether oxygens (including phenoxy) is 2. The van der Waals surface area contributed by atoms with E-state index in [2.05, 4.69) is 6.92 Å². The Hall–Kier alpha value is -1.71. The van der Waals surface area contributed by atoms with E-state index >= 15 is 0 Å². The lowest BCUT2D eigenvalue weighted by Gasteiger charge is -2.12. The number of esters is 1. The van der Waals surface area contributed by atoms with E-state index in [1.165, 1.54) is 121 Å². The standard InChI is InChI=1S/C31H54O4/c1-4-5-6-7-8-9-10-11-12-13-14-15-16-17-18-19-20-21-22-23-31(33)35-30-25-28(32)24-29(26-30)34-27(2)3/h24-27,32H,4-23H2,1-3H3. The van der Waals surface area contributed by atoms with E-state index in [0.717, 1.165) is 12.8 Å². The third kappa shape index (κ3) is 19.2. The summed E-state index contributed by atoms with van der Waals surface area (Å²) in [4.78, 5) is 12.1. The number of phenols is 1. The van der Waals surface area contributed by atoms with Crippen LogP contribution >= 0.6 is 0 Å². The van der Waals surface area contributed by atoms with E-state index in [9.17, 15) is 9.90 Å². The Kier molecular flexibility index (Phi) is 19.3. The van der Waals surface area contributed by atoms with Crippen molar-refractivity contribution in [3.63, 3.8) is 0 Å². The molecular weight excluding hydrogens is 436 g/mol. The van der Waals surface area contributed by atoms with Gasteiger partial charge in [0.15, 0.2) is 0 Å². The average molecular weight is 491 g/mol. The van der Waals surface area contributed by atoms with Crippen LogP contribution in [0.25, 0.3) is 0 Å². The van der Waals surface area contributed by atoms with Crippen LogP contribution in [0.4, 0.5) is 0 Å². The van der Waals surface area contributed by atoms with Crippen molar-refractivity contribution in [2.45, 2.75) is 155 Å². The number of rotatable bonds is 23. The molecule has 202 valence electrons. The fraction of sp³-hybridized carbons (Fsp3) is 0.774. The molecule has 35 heavy (non-hydrogen) atoms. The predicted octanol–water partition coefficient (Wildman–Crippen LogP) is 9.91. The first-order chi connectivity index (χ1) is 17.0. The highest BCUT2D eigenvalue weighted by Crippen LogP contribution is 2.28. The van der Waals surface area contributed by atoms with Gasteiger partial charge in [0.25, 0.3) is 0 Å². The van der Waals surface area contributed by atoms with Crippen molar-refractivity contribution in [2.75, 3.05) is 0 Å². The zero-order valence-corrected chi connectivity index (χ0v) is 23.1. The molecule has 1 aromatic carbocycles. The van der Waals surface area contributed by atoms with E-state index in [1.807, 2.05) is 13.8 Å². The summed E-state index contributed by atoms with van der Waals surface area (Å²) >= 11 is 0. The minimum atomic E-state index is -0.252. The third-order valence-corrected chi connectivity index (χ3v) is 6.45. The van der Waals surface area contributed by atoms with Gasteiger partial charge < -0.3 is 14.6 Å². The first-order valence-electron chi connectivity index (χ1n) is 14.7. The number of hydrogen-bond acceptors (Lipinski definition) is 4. The SMILES string of the molecule is CCCCCCCCCCCCCCCCCCCCCC(=O)Oc1cc(O)cc(OC(C)C)c1. The molecule has 0 saturated carbocycles. The summed E-state index contributed by atoms with van der Waals surface area (Å²) in [5.41, 5.74) is 0. The number of aromatic hydroxyl groups is 1. The smallest absolute Gasteiger partial charge is 0.311 e. The first-order valence-corrected chi connectivity index (χ1v) is 14.7. The molecule has 1 rings (SSSR count). The molecule has 1 N–H and O–H groups in total. The summed E-state index contributed by atoms with van der Waals surface area (Å²) < 4.78 is 10.9. The summed E-state index contributed by atoms with van der Waals surface area (Å²) in [6.45, 7) is 6.11. The summed E-state index contributed by atoms with van der Waals surface area (Å²) in [6.07, 6.45) is 25.8. The Balaban J connectivity index is 1.88. The molecule has 0 fully saturated rings. The van der Waals surface area contributed by atoms with Crippen molar-refractivity contribution < 1.29 is 19.4 Å². The lowest BCUT2D eigenvalue weighted by molar-refractivity contribution is -0.134. The molecule has 0 spiro atoms. The topological polar surface area (TPSA) is 55.8 Å². The van der Waals surface area contributed by atoms with Crippen LogP contribution in [-0.2, 0) is 4.79 Å². The van der Waals surface area contributed by atoms with Crippen LogP contribution in [0.2, 0.25) is 0 Å².